The number of carbonyl (C=O) groups excluding carboxylic acids is 2. The fourth-order valence-corrected chi connectivity index (χ4v) is 1.04. The number of carbonyl (C=O) groups is 2. The summed E-state index contributed by atoms with van der Waals surface area (Å²) in [6.45, 7) is 5.12. The van der Waals surface area contributed by atoms with Gasteiger partial charge in [-0.05, 0) is 31.1 Å². The van der Waals surface area contributed by atoms with E-state index in [0.717, 1.165) is 5.06 Å². The Labute approximate surface area is 109 Å². The Hall–Kier alpha value is -2.16. The van der Waals surface area contributed by atoms with Gasteiger partial charge < -0.3 is 4.74 Å². The lowest BCUT2D eigenvalue weighted by molar-refractivity contribution is -0.0761. The first kappa shape index (κ1) is 14.9. The Bertz CT molecular complexity index is 465. The van der Waals surface area contributed by atoms with Gasteiger partial charge in [-0.2, -0.15) is 0 Å². The summed E-state index contributed by atoms with van der Waals surface area (Å²) in [5, 5.41) is 10.0. The third-order valence-electron chi connectivity index (χ3n) is 1.87. The van der Waals surface area contributed by atoms with Gasteiger partial charge in [-0.3, -0.25) is 14.9 Å². The lowest BCUT2D eigenvalue weighted by atomic mass is 10.2. The number of hydrogen-bond donors (Lipinski definition) is 1. The van der Waals surface area contributed by atoms with Gasteiger partial charge in [0.25, 0.3) is 0 Å². The molecule has 19 heavy (non-hydrogen) atoms. The van der Waals surface area contributed by atoms with Crippen LogP contribution in [0.5, 0.6) is 0 Å². The standard InChI is InChI=1S/C10H16N4O5/c1-10(2,3)18-9(16)11-7-6(12-19-13-7)8(15)14(4)17-5/h1-5H3,(H,11,13,16). The van der Waals surface area contributed by atoms with E-state index in [1.54, 1.807) is 20.8 Å². The van der Waals surface area contributed by atoms with Gasteiger partial charge in [0.2, 0.25) is 11.5 Å². The highest BCUT2D eigenvalue weighted by atomic mass is 16.7. The van der Waals surface area contributed by atoms with Gasteiger partial charge in [-0.15, -0.1) is 0 Å². The van der Waals surface area contributed by atoms with Crippen LogP contribution in [0, 0.1) is 0 Å². The minimum Gasteiger partial charge on any atom is -0.444 e. The molecule has 0 aliphatic carbocycles. The maximum absolute atomic E-state index is 11.8. The van der Waals surface area contributed by atoms with Gasteiger partial charge in [-0.25, -0.2) is 14.5 Å². The summed E-state index contributed by atoms with van der Waals surface area (Å²) < 4.78 is 9.44. The molecule has 0 saturated carbocycles. The predicted molar refractivity (Wildman–Crippen MR) is 63.3 cm³/mol. The van der Waals surface area contributed by atoms with Crippen LogP contribution >= 0.6 is 0 Å². The van der Waals surface area contributed by atoms with Crippen molar-refractivity contribution in [3.63, 3.8) is 0 Å². The molecule has 106 valence electrons. The molecule has 0 bridgehead atoms. The summed E-state index contributed by atoms with van der Waals surface area (Å²) in [5.74, 6) is -0.752. The average Bonchev–Trinajstić information content (AvgIpc) is 2.72. The van der Waals surface area contributed by atoms with Crippen LogP contribution in [0.15, 0.2) is 4.63 Å². The summed E-state index contributed by atoms with van der Waals surface area (Å²) in [4.78, 5) is 28.0. The zero-order chi connectivity index (χ0) is 14.6. The van der Waals surface area contributed by atoms with E-state index in [4.69, 9.17) is 9.57 Å². The van der Waals surface area contributed by atoms with Gasteiger partial charge in [0.15, 0.2) is 0 Å². The molecule has 0 aromatic carbocycles. The predicted octanol–water partition coefficient (Wildman–Crippen LogP) is 1.05. The molecule has 0 spiro atoms. The van der Waals surface area contributed by atoms with Crippen LogP contribution in [0.25, 0.3) is 0 Å². The number of nitrogens with one attached hydrogen (secondary N) is 1. The second-order valence-electron chi connectivity index (χ2n) is 4.57. The molecular weight excluding hydrogens is 256 g/mol. The minimum absolute atomic E-state index is 0.136. The summed E-state index contributed by atoms with van der Waals surface area (Å²) >= 11 is 0. The van der Waals surface area contributed by atoms with Crippen molar-refractivity contribution in [3.05, 3.63) is 5.69 Å². The first-order valence-electron chi connectivity index (χ1n) is 5.39. The zero-order valence-corrected chi connectivity index (χ0v) is 11.4. The van der Waals surface area contributed by atoms with Crippen molar-refractivity contribution in [1.82, 2.24) is 15.4 Å². The second kappa shape index (κ2) is 5.65. The smallest absolute Gasteiger partial charge is 0.413 e. The van der Waals surface area contributed by atoms with E-state index in [-0.39, 0.29) is 11.5 Å². The Morgan fingerprint density at radius 2 is 1.95 bits per heavy atom. The first-order chi connectivity index (χ1) is 8.74. The Morgan fingerprint density at radius 3 is 2.47 bits per heavy atom. The van der Waals surface area contributed by atoms with E-state index in [9.17, 15) is 9.59 Å². The van der Waals surface area contributed by atoms with Crippen molar-refractivity contribution in [2.24, 2.45) is 0 Å². The Balaban J connectivity index is 2.79. The molecule has 0 atom stereocenters. The third kappa shape index (κ3) is 4.21. The number of hydroxylamine groups is 2. The minimum atomic E-state index is -0.766. The Morgan fingerprint density at radius 1 is 1.32 bits per heavy atom. The summed E-state index contributed by atoms with van der Waals surface area (Å²) in [6, 6.07) is 0. The lowest BCUT2D eigenvalue weighted by Crippen LogP contribution is -2.29. The number of anilines is 1. The fourth-order valence-electron chi connectivity index (χ4n) is 1.04. The molecule has 1 rings (SSSR count). The SMILES string of the molecule is CON(C)C(=O)c1nonc1NC(=O)OC(C)(C)C. The molecule has 2 amide bonds. The van der Waals surface area contributed by atoms with E-state index in [2.05, 4.69) is 20.3 Å². The molecule has 0 fully saturated rings. The van der Waals surface area contributed by atoms with E-state index in [1.807, 2.05) is 0 Å². The first-order valence-corrected chi connectivity index (χ1v) is 5.39. The summed E-state index contributed by atoms with van der Waals surface area (Å²) in [6.07, 6.45) is -0.766. The molecule has 9 nitrogen and oxygen atoms in total. The highest BCUT2D eigenvalue weighted by molar-refractivity contribution is 5.99. The van der Waals surface area contributed by atoms with Gasteiger partial charge in [0.1, 0.15) is 5.60 Å². The van der Waals surface area contributed by atoms with E-state index in [1.165, 1.54) is 14.2 Å². The number of rotatable bonds is 3. The monoisotopic (exact) mass is 272 g/mol. The maximum Gasteiger partial charge on any atom is 0.413 e. The van der Waals surface area contributed by atoms with Crippen LogP contribution in [0.2, 0.25) is 0 Å². The normalized spacial score (nSPS) is 11.0. The van der Waals surface area contributed by atoms with Crippen molar-refractivity contribution in [1.29, 1.82) is 0 Å². The molecule has 1 aromatic rings. The lowest BCUT2D eigenvalue weighted by Gasteiger charge is -2.19. The summed E-state index contributed by atoms with van der Waals surface area (Å²) in [5.41, 5.74) is -0.857. The highest BCUT2D eigenvalue weighted by Gasteiger charge is 2.25. The van der Waals surface area contributed by atoms with Crippen LogP contribution in [0.4, 0.5) is 10.6 Å². The van der Waals surface area contributed by atoms with Gasteiger partial charge in [0, 0.05) is 7.05 Å². The van der Waals surface area contributed by atoms with Crippen LogP contribution in [0.1, 0.15) is 31.3 Å². The number of nitrogens with zero attached hydrogens (tertiary/aromatic N) is 3. The highest BCUT2D eigenvalue weighted by Crippen LogP contribution is 2.14. The number of ether oxygens (including phenoxy) is 1. The molecular formula is C10H16N4O5. The van der Waals surface area contributed by atoms with E-state index < -0.39 is 17.6 Å². The molecule has 1 aromatic heterocycles. The fraction of sp³-hybridized carbons (Fsp3) is 0.600. The second-order valence-corrected chi connectivity index (χ2v) is 4.57. The van der Waals surface area contributed by atoms with Crippen molar-refractivity contribution >= 4 is 17.8 Å². The molecule has 0 radical (unpaired) electrons. The Kier molecular flexibility index (Phi) is 4.43. The molecule has 0 aliphatic heterocycles. The molecule has 9 heteroatoms. The van der Waals surface area contributed by atoms with Gasteiger partial charge in [0.05, 0.1) is 7.11 Å². The van der Waals surface area contributed by atoms with Crippen LogP contribution in [-0.4, -0.2) is 47.1 Å². The molecule has 0 unspecified atom stereocenters. The van der Waals surface area contributed by atoms with E-state index >= 15 is 0 Å². The average molecular weight is 272 g/mol. The number of hydrogen-bond acceptors (Lipinski definition) is 7. The van der Waals surface area contributed by atoms with Gasteiger partial charge >= 0.3 is 12.0 Å². The largest absolute Gasteiger partial charge is 0.444 e. The maximum atomic E-state index is 11.8. The number of aromatic nitrogens is 2. The molecule has 0 aliphatic rings. The summed E-state index contributed by atoms with van der Waals surface area (Å²) in [7, 11) is 2.70. The van der Waals surface area contributed by atoms with E-state index in [0.29, 0.717) is 0 Å². The molecule has 0 saturated heterocycles. The zero-order valence-electron chi connectivity index (χ0n) is 11.4. The van der Waals surface area contributed by atoms with Crippen LogP contribution < -0.4 is 5.32 Å². The third-order valence-corrected chi connectivity index (χ3v) is 1.87. The van der Waals surface area contributed by atoms with Gasteiger partial charge in [-0.1, -0.05) is 0 Å². The molecule has 1 N–H and O–H groups in total. The topological polar surface area (TPSA) is 107 Å². The van der Waals surface area contributed by atoms with Crippen molar-refractivity contribution < 1.29 is 23.8 Å². The van der Waals surface area contributed by atoms with Crippen molar-refractivity contribution in [2.75, 3.05) is 19.5 Å². The van der Waals surface area contributed by atoms with Crippen LogP contribution in [0.3, 0.4) is 0 Å². The quantitative estimate of drug-likeness (QED) is 0.819. The van der Waals surface area contributed by atoms with Crippen molar-refractivity contribution in [2.45, 2.75) is 26.4 Å². The number of amides is 2. The van der Waals surface area contributed by atoms with Crippen LogP contribution in [-0.2, 0) is 9.57 Å². The molecule has 1 heterocycles. The van der Waals surface area contributed by atoms with Crippen molar-refractivity contribution in [3.8, 4) is 0 Å².